The molecule has 0 atom stereocenters. The molecule has 0 aromatic heterocycles. The number of aliphatic imine (C=N–C) groups is 1. The second-order valence-electron chi connectivity index (χ2n) is 5.64. The van der Waals surface area contributed by atoms with Gasteiger partial charge in [-0.25, -0.2) is 4.39 Å². The van der Waals surface area contributed by atoms with Gasteiger partial charge < -0.3 is 24.4 Å². The van der Waals surface area contributed by atoms with E-state index in [1.165, 1.54) is 6.08 Å². The van der Waals surface area contributed by atoms with Crippen LogP contribution in [-0.4, -0.2) is 62.9 Å². The van der Waals surface area contributed by atoms with E-state index in [9.17, 15) is 9.50 Å². The zero-order valence-corrected chi connectivity index (χ0v) is 16.3. The van der Waals surface area contributed by atoms with Gasteiger partial charge in [0, 0.05) is 6.21 Å². The van der Waals surface area contributed by atoms with Crippen molar-refractivity contribution in [2.45, 2.75) is 20.3 Å². The van der Waals surface area contributed by atoms with Crippen LogP contribution in [0.15, 0.2) is 41.3 Å². The smallest absolute Gasteiger partial charge is 0.146 e. The minimum absolute atomic E-state index is 0.0766. The summed E-state index contributed by atoms with van der Waals surface area (Å²) in [5, 5.41) is 18.6. The third kappa shape index (κ3) is 13.8. The summed E-state index contributed by atoms with van der Waals surface area (Å²) in [5.74, 6) is 0. The summed E-state index contributed by atoms with van der Waals surface area (Å²) in [6.07, 6.45) is 14.8. The van der Waals surface area contributed by atoms with Crippen LogP contribution in [0.2, 0.25) is 0 Å². The van der Waals surface area contributed by atoms with Crippen LogP contribution >= 0.6 is 0 Å². The molecule has 1 rings (SSSR count). The second-order valence-corrected chi connectivity index (χ2v) is 5.64. The van der Waals surface area contributed by atoms with Crippen molar-refractivity contribution in [3.8, 4) is 12.8 Å². The van der Waals surface area contributed by atoms with Gasteiger partial charge in [0.15, 0.2) is 0 Å². The van der Waals surface area contributed by atoms with E-state index in [4.69, 9.17) is 19.3 Å². The highest BCUT2D eigenvalue weighted by Crippen LogP contribution is 2.22. The first kappa shape index (κ1) is 27.2. The zero-order chi connectivity index (χ0) is 21.0. The van der Waals surface area contributed by atoms with Crippen molar-refractivity contribution >= 4 is 6.21 Å². The molecule has 0 amide bonds. The SMILES string of the molecule is C#C.C=CCF.CC/C=C(C)/C=N/C(=C\O)COCC1(CO)COCOC1. The molecule has 0 unspecified atom stereocenters. The molecule has 7 heteroatoms. The van der Waals surface area contributed by atoms with E-state index in [0.717, 1.165) is 18.3 Å². The Hall–Kier alpha value is -1.98. The molecule has 27 heavy (non-hydrogen) atoms. The van der Waals surface area contributed by atoms with Crippen molar-refractivity contribution in [2.24, 2.45) is 10.4 Å². The molecule has 1 aliphatic heterocycles. The number of alkyl halides is 1. The van der Waals surface area contributed by atoms with Crippen molar-refractivity contribution in [1.82, 2.24) is 0 Å². The van der Waals surface area contributed by atoms with Gasteiger partial charge in [-0.15, -0.1) is 19.4 Å². The predicted molar refractivity (Wildman–Crippen MR) is 106 cm³/mol. The van der Waals surface area contributed by atoms with Crippen LogP contribution in [0.1, 0.15) is 20.3 Å². The first-order valence-corrected chi connectivity index (χ1v) is 8.45. The molecule has 0 aromatic rings. The van der Waals surface area contributed by atoms with Gasteiger partial charge in [-0.1, -0.05) is 19.1 Å². The Morgan fingerprint density at radius 1 is 1.37 bits per heavy atom. The highest BCUT2D eigenvalue weighted by atomic mass is 19.1. The molecule has 0 aromatic carbocycles. The minimum Gasteiger partial charge on any atom is -0.514 e. The Bertz CT molecular complexity index is 480. The molecule has 1 heterocycles. The first-order valence-electron chi connectivity index (χ1n) is 8.45. The summed E-state index contributed by atoms with van der Waals surface area (Å²) in [6.45, 7) is 8.07. The fourth-order valence-electron chi connectivity index (χ4n) is 1.88. The summed E-state index contributed by atoms with van der Waals surface area (Å²) in [6, 6.07) is 0. The van der Waals surface area contributed by atoms with Crippen LogP contribution in [0.25, 0.3) is 0 Å². The van der Waals surface area contributed by atoms with Crippen LogP contribution < -0.4 is 0 Å². The van der Waals surface area contributed by atoms with Gasteiger partial charge in [0.25, 0.3) is 0 Å². The number of rotatable bonds is 9. The minimum atomic E-state index is -0.541. The van der Waals surface area contributed by atoms with Crippen LogP contribution in [0.4, 0.5) is 4.39 Å². The van der Waals surface area contributed by atoms with Gasteiger partial charge in [0.05, 0.1) is 38.4 Å². The summed E-state index contributed by atoms with van der Waals surface area (Å²) in [7, 11) is 0. The normalized spacial score (nSPS) is 16.7. The summed E-state index contributed by atoms with van der Waals surface area (Å²) in [4.78, 5) is 4.16. The van der Waals surface area contributed by atoms with E-state index in [-0.39, 0.29) is 26.6 Å². The maximum absolute atomic E-state index is 10.6. The zero-order valence-electron chi connectivity index (χ0n) is 16.3. The quantitative estimate of drug-likeness (QED) is 0.276. The van der Waals surface area contributed by atoms with Crippen molar-refractivity contribution < 1.29 is 28.8 Å². The van der Waals surface area contributed by atoms with Crippen molar-refractivity contribution in [1.29, 1.82) is 0 Å². The predicted octanol–water partition coefficient (Wildman–Crippen LogP) is 3.20. The van der Waals surface area contributed by atoms with Crippen molar-refractivity contribution in [3.05, 3.63) is 36.3 Å². The lowest BCUT2D eigenvalue weighted by molar-refractivity contribution is -0.191. The van der Waals surface area contributed by atoms with Gasteiger partial charge in [0.1, 0.15) is 25.4 Å². The van der Waals surface area contributed by atoms with Crippen LogP contribution in [0.5, 0.6) is 0 Å². The van der Waals surface area contributed by atoms with Crippen molar-refractivity contribution in [2.75, 3.05) is 46.5 Å². The molecule has 0 saturated carbocycles. The third-order valence-electron chi connectivity index (χ3n) is 3.20. The van der Waals surface area contributed by atoms with E-state index >= 15 is 0 Å². The Kier molecular flexibility index (Phi) is 19.0. The molecule has 1 aliphatic rings. The molecular weight excluding hydrogens is 353 g/mol. The van der Waals surface area contributed by atoms with Crippen LogP contribution in [-0.2, 0) is 14.2 Å². The Morgan fingerprint density at radius 2 is 1.96 bits per heavy atom. The van der Waals surface area contributed by atoms with Crippen LogP contribution in [0.3, 0.4) is 0 Å². The van der Waals surface area contributed by atoms with E-state index in [1.807, 2.05) is 19.9 Å². The molecule has 1 fully saturated rings. The average Bonchev–Trinajstić information content (AvgIpc) is 2.73. The number of aliphatic hydroxyl groups excluding tert-OH is 2. The first-order chi connectivity index (χ1) is 13.1. The fraction of sp³-hybridized carbons (Fsp3) is 0.550. The summed E-state index contributed by atoms with van der Waals surface area (Å²) in [5.41, 5.74) is 0.906. The van der Waals surface area contributed by atoms with Gasteiger partial charge in [-0.05, 0) is 18.9 Å². The standard InChI is InChI=1S/C15H25NO5.C3H5F.C2H2/c1-3-4-13(2)5-16-14(6-17)7-19-9-15(8-18)10-20-12-21-11-15;1-2-3-4;1-2/h4-6,17-18H,3,7-12H2,1-2H3;2H,1,3H2;1-2H/b13-4+,14-6-,16-5+;;. The molecule has 0 bridgehead atoms. The number of terminal acetylenes is 1. The maximum atomic E-state index is 10.6. The largest absolute Gasteiger partial charge is 0.514 e. The van der Waals surface area contributed by atoms with E-state index in [2.05, 4.69) is 24.4 Å². The summed E-state index contributed by atoms with van der Waals surface area (Å²) >= 11 is 0. The average molecular weight is 385 g/mol. The van der Waals surface area contributed by atoms with Gasteiger partial charge in [-0.3, -0.25) is 4.99 Å². The van der Waals surface area contributed by atoms with E-state index in [0.29, 0.717) is 18.9 Å². The number of nitrogens with zero attached hydrogens (tertiary/aromatic N) is 1. The molecule has 1 saturated heterocycles. The second kappa shape index (κ2) is 18.8. The van der Waals surface area contributed by atoms with E-state index in [1.54, 1.807) is 6.21 Å². The highest BCUT2D eigenvalue weighted by molar-refractivity contribution is 5.78. The molecule has 0 spiro atoms. The molecule has 2 N–H and O–H groups in total. The monoisotopic (exact) mass is 385 g/mol. The Morgan fingerprint density at radius 3 is 2.41 bits per heavy atom. The number of hydrogen-bond donors (Lipinski definition) is 2. The molecule has 0 aliphatic carbocycles. The maximum Gasteiger partial charge on any atom is 0.146 e. The Balaban J connectivity index is 0. The number of ether oxygens (including phenoxy) is 3. The lowest BCUT2D eigenvalue weighted by atomic mass is 9.92. The van der Waals surface area contributed by atoms with Crippen LogP contribution in [0, 0.1) is 18.3 Å². The molecule has 6 nitrogen and oxygen atoms in total. The van der Waals surface area contributed by atoms with Gasteiger partial charge in [-0.2, -0.15) is 0 Å². The van der Waals surface area contributed by atoms with Gasteiger partial charge in [0.2, 0.25) is 0 Å². The highest BCUT2D eigenvalue weighted by Gasteiger charge is 2.33. The number of allylic oxidation sites excluding steroid dienone is 3. The van der Waals surface area contributed by atoms with Gasteiger partial charge >= 0.3 is 0 Å². The fourth-order valence-corrected chi connectivity index (χ4v) is 1.88. The lowest BCUT2D eigenvalue weighted by Crippen LogP contribution is -2.44. The van der Waals surface area contributed by atoms with Crippen molar-refractivity contribution in [3.63, 3.8) is 0 Å². The summed E-state index contributed by atoms with van der Waals surface area (Å²) < 4.78 is 26.5. The number of hydrogen-bond acceptors (Lipinski definition) is 6. The Labute approximate surface area is 162 Å². The molecular formula is C20H32FNO5. The van der Waals surface area contributed by atoms with E-state index < -0.39 is 12.1 Å². The third-order valence-corrected chi connectivity index (χ3v) is 3.20. The lowest BCUT2D eigenvalue weighted by Gasteiger charge is -2.34. The molecule has 0 radical (unpaired) electrons. The number of halogens is 1. The topological polar surface area (TPSA) is 80.5 Å². The molecule has 154 valence electrons. The number of aliphatic hydroxyl groups is 2.